The number of thioether (sulfide) groups is 1. The molecule has 3 rings (SSSR count). The number of benzene rings is 2. The van der Waals surface area contributed by atoms with E-state index in [0.717, 1.165) is 22.6 Å². The van der Waals surface area contributed by atoms with Crippen molar-refractivity contribution < 1.29 is 9.59 Å². The van der Waals surface area contributed by atoms with Crippen molar-refractivity contribution in [1.29, 1.82) is 0 Å². The van der Waals surface area contributed by atoms with Gasteiger partial charge in [0.25, 0.3) is 5.91 Å². The molecule has 3 aromatic rings. The summed E-state index contributed by atoms with van der Waals surface area (Å²) in [6, 6.07) is 13.1. The molecule has 0 saturated heterocycles. The van der Waals surface area contributed by atoms with Crippen molar-refractivity contribution in [1.82, 2.24) is 20.1 Å². The van der Waals surface area contributed by atoms with Crippen LogP contribution in [-0.4, -0.2) is 38.9 Å². The first kappa shape index (κ1) is 22.3. The van der Waals surface area contributed by atoms with Gasteiger partial charge in [-0.25, -0.2) is 0 Å². The summed E-state index contributed by atoms with van der Waals surface area (Å²) in [5.74, 6) is 0.378. The van der Waals surface area contributed by atoms with Gasteiger partial charge in [0.15, 0.2) is 5.16 Å². The standard InChI is InChI=1S/C23H25N5O2S/c1-5-12-24-22(30)18-8-6-7-9-19(18)25-21(29)14-31-23-27-26-17(4)28(23)20-13-15(2)10-11-16(20)3/h5-11,13H,1,12,14H2,2-4H3,(H,24,30)(H,25,29). The number of aryl methyl sites for hydroxylation is 3. The normalized spacial score (nSPS) is 10.5. The fraction of sp³-hybridized carbons (Fsp3) is 0.217. The summed E-state index contributed by atoms with van der Waals surface area (Å²) in [6.45, 7) is 9.89. The van der Waals surface area contributed by atoms with Crippen LogP contribution in [0.5, 0.6) is 0 Å². The van der Waals surface area contributed by atoms with Gasteiger partial charge in [0, 0.05) is 6.54 Å². The average molecular weight is 436 g/mol. The molecule has 2 N–H and O–H groups in total. The summed E-state index contributed by atoms with van der Waals surface area (Å²) in [7, 11) is 0. The summed E-state index contributed by atoms with van der Waals surface area (Å²) in [5, 5.41) is 14.6. The smallest absolute Gasteiger partial charge is 0.253 e. The minimum absolute atomic E-state index is 0.131. The fourth-order valence-electron chi connectivity index (χ4n) is 3.04. The monoisotopic (exact) mass is 435 g/mol. The molecule has 1 heterocycles. The van der Waals surface area contributed by atoms with Gasteiger partial charge in [-0.2, -0.15) is 0 Å². The molecule has 2 aromatic carbocycles. The van der Waals surface area contributed by atoms with E-state index >= 15 is 0 Å². The summed E-state index contributed by atoms with van der Waals surface area (Å²) in [6.07, 6.45) is 1.60. The Morgan fingerprint density at radius 3 is 2.68 bits per heavy atom. The van der Waals surface area contributed by atoms with Crippen LogP contribution in [0.1, 0.15) is 27.3 Å². The Balaban J connectivity index is 1.73. The van der Waals surface area contributed by atoms with Gasteiger partial charge in [-0.1, -0.05) is 42.1 Å². The van der Waals surface area contributed by atoms with E-state index in [1.165, 1.54) is 11.8 Å². The second kappa shape index (κ2) is 10.1. The van der Waals surface area contributed by atoms with E-state index in [-0.39, 0.29) is 17.6 Å². The summed E-state index contributed by atoms with van der Waals surface area (Å²) in [5.41, 5.74) is 4.08. The van der Waals surface area contributed by atoms with Gasteiger partial charge in [0.05, 0.1) is 22.7 Å². The van der Waals surface area contributed by atoms with Gasteiger partial charge in [0.1, 0.15) is 5.82 Å². The first-order chi connectivity index (χ1) is 14.9. The van der Waals surface area contributed by atoms with Gasteiger partial charge >= 0.3 is 0 Å². The topological polar surface area (TPSA) is 88.9 Å². The lowest BCUT2D eigenvalue weighted by Gasteiger charge is -2.13. The van der Waals surface area contributed by atoms with E-state index < -0.39 is 0 Å². The van der Waals surface area contributed by atoms with Crippen molar-refractivity contribution in [3.05, 3.63) is 77.6 Å². The van der Waals surface area contributed by atoms with Gasteiger partial charge in [-0.05, 0) is 50.1 Å². The molecular weight excluding hydrogens is 410 g/mol. The number of nitrogens with one attached hydrogen (secondary N) is 2. The number of para-hydroxylation sites is 1. The van der Waals surface area contributed by atoms with Gasteiger partial charge in [0.2, 0.25) is 5.91 Å². The molecule has 0 aliphatic rings. The van der Waals surface area contributed by atoms with Crippen molar-refractivity contribution in [3.8, 4) is 5.69 Å². The highest BCUT2D eigenvalue weighted by Crippen LogP contribution is 2.25. The van der Waals surface area contributed by atoms with Crippen LogP contribution < -0.4 is 10.6 Å². The molecule has 7 nitrogen and oxygen atoms in total. The van der Waals surface area contributed by atoms with Crippen molar-refractivity contribution in [2.45, 2.75) is 25.9 Å². The molecule has 2 amide bonds. The lowest BCUT2D eigenvalue weighted by molar-refractivity contribution is -0.113. The summed E-state index contributed by atoms with van der Waals surface area (Å²) in [4.78, 5) is 24.9. The number of nitrogens with zero attached hydrogens (tertiary/aromatic N) is 3. The molecule has 0 unspecified atom stereocenters. The van der Waals surface area contributed by atoms with Crippen LogP contribution in [-0.2, 0) is 4.79 Å². The first-order valence-corrected chi connectivity index (χ1v) is 10.8. The Morgan fingerprint density at radius 1 is 1.13 bits per heavy atom. The number of hydrogen-bond donors (Lipinski definition) is 2. The maximum Gasteiger partial charge on any atom is 0.253 e. The minimum Gasteiger partial charge on any atom is -0.349 e. The molecule has 8 heteroatoms. The molecule has 0 fully saturated rings. The lowest BCUT2D eigenvalue weighted by atomic mass is 10.1. The molecule has 0 radical (unpaired) electrons. The van der Waals surface area contributed by atoms with Crippen LogP contribution in [0.4, 0.5) is 5.69 Å². The molecule has 160 valence electrons. The molecule has 0 aliphatic heterocycles. The number of aromatic nitrogens is 3. The maximum atomic E-state index is 12.6. The van der Waals surface area contributed by atoms with Crippen LogP contribution >= 0.6 is 11.8 Å². The van der Waals surface area contributed by atoms with Crippen molar-refractivity contribution in [2.24, 2.45) is 0 Å². The molecular formula is C23H25N5O2S. The van der Waals surface area contributed by atoms with Crippen LogP contribution in [0.25, 0.3) is 5.69 Å². The average Bonchev–Trinajstić information content (AvgIpc) is 3.12. The molecule has 31 heavy (non-hydrogen) atoms. The van der Waals surface area contributed by atoms with Crippen molar-refractivity contribution in [2.75, 3.05) is 17.6 Å². The Bertz CT molecular complexity index is 1120. The zero-order valence-electron chi connectivity index (χ0n) is 17.8. The molecule has 1 aromatic heterocycles. The molecule has 0 aliphatic carbocycles. The Kier molecular flexibility index (Phi) is 7.25. The Hall–Kier alpha value is -3.39. The van der Waals surface area contributed by atoms with E-state index in [0.29, 0.717) is 23.0 Å². The summed E-state index contributed by atoms with van der Waals surface area (Å²) >= 11 is 1.30. The van der Waals surface area contributed by atoms with Crippen LogP contribution in [0.3, 0.4) is 0 Å². The van der Waals surface area contributed by atoms with Crippen molar-refractivity contribution in [3.63, 3.8) is 0 Å². The quantitative estimate of drug-likeness (QED) is 0.415. The lowest BCUT2D eigenvalue weighted by Crippen LogP contribution is -2.25. The van der Waals surface area contributed by atoms with Crippen molar-refractivity contribution >= 4 is 29.3 Å². The van der Waals surface area contributed by atoms with E-state index in [2.05, 4.69) is 45.6 Å². The van der Waals surface area contributed by atoms with Gasteiger partial charge in [-0.3, -0.25) is 14.2 Å². The highest BCUT2D eigenvalue weighted by molar-refractivity contribution is 7.99. The third-order valence-corrected chi connectivity index (χ3v) is 5.51. The predicted molar refractivity (Wildman–Crippen MR) is 124 cm³/mol. The number of hydrogen-bond acceptors (Lipinski definition) is 5. The van der Waals surface area contributed by atoms with E-state index in [4.69, 9.17) is 0 Å². The van der Waals surface area contributed by atoms with E-state index in [1.807, 2.05) is 25.3 Å². The molecule has 0 spiro atoms. The molecule has 0 saturated carbocycles. The van der Waals surface area contributed by atoms with Crippen LogP contribution in [0, 0.1) is 20.8 Å². The Labute approximate surface area is 186 Å². The van der Waals surface area contributed by atoms with E-state index in [9.17, 15) is 9.59 Å². The van der Waals surface area contributed by atoms with E-state index in [1.54, 1.807) is 30.3 Å². The molecule has 0 atom stereocenters. The largest absolute Gasteiger partial charge is 0.349 e. The maximum absolute atomic E-state index is 12.6. The minimum atomic E-state index is -0.270. The Morgan fingerprint density at radius 2 is 1.90 bits per heavy atom. The SMILES string of the molecule is C=CCNC(=O)c1ccccc1NC(=O)CSc1nnc(C)n1-c1cc(C)ccc1C. The van der Waals surface area contributed by atoms with Gasteiger partial charge in [-0.15, -0.1) is 16.8 Å². The third kappa shape index (κ3) is 5.40. The second-order valence-electron chi connectivity index (χ2n) is 7.04. The first-order valence-electron chi connectivity index (χ1n) is 9.81. The number of rotatable bonds is 8. The van der Waals surface area contributed by atoms with Crippen LogP contribution in [0.2, 0.25) is 0 Å². The fourth-order valence-corrected chi connectivity index (χ4v) is 3.83. The highest BCUT2D eigenvalue weighted by Gasteiger charge is 2.17. The van der Waals surface area contributed by atoms with Crippen LogP contribution in [0.15, 0.2) is 60.3 Å². The van der Waals surface area contributed by atoms with Gasteiger partial charge < -0.3 is 10.6 Å². The summed E-state index contributed by atoms with van der Waals surface area (Å²) < 4.78 is 1.96. The second-order valence-corrected chi connectivity index (χ2v) is 7.98. The zero-order chi connectivity index (χ0) is 22.4. The molecule has 0 bridgehead atoms. The number of amides is 2. The number of carbonyl (C=O) groups excluding carboxylic acids is 2. The predicted octanol–water partition coefficient (Wildman–Crippen LogP) is 3.84. The number of carbonyl (C=O) groups is 2. The zero-order valence-corrected chi connectivity index (χ0v) is 18.6. The third-order valence-electron chi connectivity index (χ3n) is 4.59. The number of anilines is 1. The highest BCUT2D eigenvalue weighted by atomic mass is 32.2.